The first kappa shape index (κ1) is 25.9. The van der Waals surface area contributed by atoms with E-state index in [-0.39, 0.29) is 17.9 Å². The average Bonchev–Trinajstić information content (AvgIpc) is 3.30. The number of hydrogen-bond acceptors (Lipinski definition) is 7. The second-order valence-corrected chi connectivity index (χ2v) is 10.1. The largest absolute Gasteiger partial charge is 0.472 e. The Kier molecular flexibility index (Phi) is 6.91. The van der Waals surface area contributed by atoms with Gasteiger partial charge in [0.05, 0.1) is 47.9 Å². The average molecular weight is 550 g/mol. The van der Waals surface area contributed by atoms with Crippen molar-refractivity contribution in [2.45, 2.75) is 57.8 Å². The molecule has 6 rings (SSSR count). The van der Waals surface area contributed by atoms with Gasteiger partial charge in [-0.2, -0.15) is 23.4 Å². The number of aromatic nitrogens is 6. The van der Waals surface area contributed by atoms with Crippen LogP contribution in [-0.2, 0) is 32.1 Å². The highest BCUT2D eigenvalue weighted by Crippen LogP contribution is 2.48. The molecular weight excluding hydrogens is 523 g/mol. The molecule has 0 spiro atoms. The Bertz CT molecular complexity index is 1560. The number of halogens is 3. The zero-order valence-electron chi connectivity index (χ0n) is 21.5. The zero-order chi connectivity index (χ0) is 27.7. The number of amides is 1. The maximum absolute atomic E-state index is 12.9. The lowest BCUT2D eigenvalue weighted by Crippen LogP contribution is -2.24. The fraction of sp³-hybridized carbons (Fsp3) is 0.357. The molecule has 1 saturated carbocycles. The highest BCUT2D eigenvalue weighted by molar-refractivity contribution is 5.91. The van der Waals surface area contributed by atoms with Gasteiger partial charge < -0.3 is 9.73 Å². The first-order valence-corrected chi connectivity index (χ1v) is 13.2. The van der Waals surface area contributed by atoms with Crippen LogP contribution in [0.4, 0.5) is 13.2 Å². The molecule has 0 aromatic carbocycles. The van der Waals surface area contributed by atoms with Gasteiger partial charge in [0.15, 0.2) is 5.69 Å². The van der Waals surface area contributed by atoms with E-state index in [0.29, 0.717) is 12.5 Å². The van der Waals surface area contributed by atoms with E-state index >= 15 is 0 Å². The topological polar surface area (TPSA) is 112 Å². The number of carbonyl (C=O) groups is 1. The minimum atomic E-state index is -4.47. The van der Waals surface area contributed by atoms with Crippen molar-refractivity contribution in [2.75, 3.05) is 0 Å². The molecule has 4 heterocycles. The second kappa shape index (κ2) is 10.7. The Morgan fingerprint density at radius 3 is 2.75 bits per heavy atom. The third kappa shape index (κ3) is 5.65. The Balaban J connectivity index is 1.01. The SMILES string of the molecule is O=C(NCc1cc(C(F)(F)F)ccn1)c1cn(CCCCc2cc3c(nn2)CC(C2CC2)=C3c2ccoc2)nn1. The molecule has 0 aliphatic heterocycles. The van der Waals surface area contributed by atoms with E-state index in [1.165, 1.54) is 30.2 Å². The van der Waals surface area contributed by atoms with E-state index in [1.807, 2.05) is 6.07 Å². The lowest BCUT2D eigenvalue weighted by atomic mass is 9.98. The number of fused-ring (bicyclic) bond motifs is 1. The molecule has 4 aromatic rings. The predicted octanol–water partition coefficient (Wildman–Crippen LogP) is 4.80. The minimum Gasteiger partial charge on any atom is -0.472 e. The van der Waals surface area contributed by atoms with E-state index in [9.17, 15) is 18.0 Å². The number of nitrogens with zero attached hydrogens (tertiary/aromatic N) is 6. The van der Waals surface area contributed by atoms with Crippen LogP contribution in [0.2, 0.25) is 0 Å². The lowest BCUT2D eigenvalue weighted by Gasteiger charge is -2.08. The summed E-state index contributed by atoms with van der Waals surface area (Å²) in [6.45, 7) is 0.400. The van der Waals surface area contributed by atoms with Crippen LogP contribution in [-0.4, -0.2) is 36.1 Å². The maximum Gasteiger partial charge on any atom is 0.416 e. The molecule has 0 unspecified atom stereocenters. The van der Waals surface area contributed by atoms with E-state index in [2.05, 4.69) is 36.9 Å². The van der Waals surface area contributed by atoms with Crippen LogP contribution in [0.5, 0.6) is 0 Å². The Hall–Kier alpha value is -4.35. The van der Waals surface area contributed by atoms with Crippen LogP contribution in [0.25, 0.3) is 5.57 Å². The van der Waals surface area contributed by atoms with Crippen LogP contribution in [0.1, 0.15) is 69.9 Å². The Morgan fingerprint density at radius 2 is 1.98 bits per heavy atom. The van der Waals surface area contributed by atoms with Gasteiger partial charge in [0, 0.05) is 30.3 Å². The quantitative estimate of drug-likeness (QED) is 0.283. The normalized spacial score (nSPS) is 15.0. The molecule has 12 heteroatoms. The number of alkyl halides is 3. The van der Waals surface area contributed by atoms with Gasteiger partial charge in [0.2, 0.25) is 0 Å². The number of aryl methyl sites for hydroxylation is 2. The number of hydrogen-bond donors (Lipinski definition) is 1. The van der Waals surface area contributed by atoms with Gasteiger partial charge in [-0.25, -0.2) is 0 Å². The summed E-state index contributed by atoms with van der Waals surface area (Å²) in [6.07, 6.45) is 7.29. The molecule has 0 radical (unpaired) electrons. The number of carbonyl (C=O) groups excluding carboxylic acids is 1. The molecule has 1 fully saturated rings. The van der Waals surface area contributed by atoms with Gasteiger partial charge in [0.1, 0.15) is 0 Å². The summed E-state index contributed by atoms with van der Waals surface area (Å²) in [5, 5.41) is 19.4. The molecule has 2 aliphatic carbocycles. The molecule has 40 heavy (non-hydrogen) atoms. The predicted molar refractivity (Wildman–Crippen MR) is 137 cm³/mol. The van der Waals surface area contributed by atoms with Crippen molar-refractivity contribution >= 4 is 11.5 Å². The van der Waals surface area contributed by atoms with Crippen molar-refractivity contribution in [1.29, 1.82) is 0 Å². The molecule has 9 nitrogen and oxygen atoms in total. The summed E-state index contributed by atoms with van der Waals surface area (Å²) in [5.74, 6) is 0.0976. The van der Waals surface area contributed by atoms with Gasteiger partial charge in [-0.1, -0.05) is 10.8 Å². The first-order chi connectivity index (χ1) is 19.3. The monoisotopic (exact) mass is 549 g/mol. The zero-order valence-corrected chi connectivity index (χ0v) is 21.5. The summed E-state index contributed by atoms with van der Waals surface area (Å²) in [5.41, 5.74) is 6.26. The highest BCUT2D eigenvalue weighted by Gasteiger charge is 2.35. The molecule has 1 N–H and O–H groups in total. The fourth-order valence-corrected chi connectivity index (χ4v) is 5.00. The molecule has 2 aliphatic rings. The molecular formula is C28H26F3N7O2. The van der Waals surface area contributed by atoms with Crippen molar-refractivity contribution < 1.29 is 22.4 Å². The van der Waals surface area contributed by atoms with Gasteiger partial charge in [-0.15, -0.1) is 5.10 Å². The van der Waals surface area contributed by atoms with Crippen molar-refractivity contribution in [3.8, 4) is 0 Å². The summed E-state index contributed by atoms with van der Waals surface area (Å²) in [6, 6.07) is 5.94. The molecule has 0 saturated heterocycles. The summed E-state index contributed by atoms with van der Waals surface area (Å²) in [4.78, 5) is 16.3. The minimum absolute atomic E-state index is 0.0847. The van der Waals surface area contributed by atoms with Crippen molar-refractivity contribution in [3.05, 3.63) is 94.2 Å². The Labute approximate surface area is 227 Å². The van der Waals surface area contributed by atoms with Crippen molar-refractivity contribution in [2.24, 2.45) is 5.92 Å². The van der Waals surface area contributed by atoms with Gasteiger partial charge >= 0.3 is 6.18 Å². The molecule has 4 aromatic heterocycles. The smallest absolute Gasteiger partial charge is 0.416 e. The molecule has 206 valence electrons. The highest BCUT2D eigenvalue weighted by atomic mass is 19.4. The third-order valence-corrected chi connectivity index (χ3v) is 7.16. The number of nitrogens with one attached hydrogen (secondary N) is 1. The summed E-state index contributed by atoms with van der Waals surface area (Å²) < 4.78 is 45.6. The van der Waals surface area contributed by atoms with Crippen LogP contribution < -0.4 is 5.32 Å². The molecule has 0 bridgehead atoms. The van der Waals surface area contributed by atoms with Crippen molar-refractivity contribution in [3.63, 3.8) is 0 Å². The molecule has 0 atom stereocenters. The number of allylic oxidation sites excluding steroid dienone is 1. The van der Waals surface area contributed by atoms with E-state index in [0.717, 1.165) is 66.5 Å². The van der Waals surface area contributed by atoms with Gasteiger partial charge in [-0.3, -0.25) is 14.5 Å². The number of rotatable bonds is 10. The molecule has 1 amide bonds. The summed E-state index contributed by atoms with van der Waals surface area (Å²) >= 11 is 0. The fourth-order valence-electron chi connectivity index (χ4n) is 5.00. The number of unbranched alkanes of at least 4 members (excludes halogenated alkanes) is 1. The van der Waals surface area contributed by atoms with E-state index in [1.54, 1.807) is 17.2 Å². The maximum atomic E-state index is 12.9. The third-order valence-electron chi connectivity index (χ3n) is 7.16. The van der Waals surface area contributed by atoms with Crippen molar-refractivity contribution in [1.82, 2.24) is 35.5 Å². The lowest BCUT2D eigenvalue weighted by molar-refractivity contribution is -0.137. The first-order valence-electron chi connectivity index (χ1n) is 13.2. The van der Waals surface area contributed by atoms with E-state index in [4.69, 9.17) is 4.42 Å². The van der Waals surface area contributed by atoms with Gasteiger partial charge in [-0.05, 0) is 67.9 Å². The Morgan fingerprint density at radius 1 is 1.10 bits per heavy atom. The van der Waals surface area contributed by atoms with Crippen LogP contribution >= 0.6 is 0 Å². The number of pyridine rings is 1. The van der Waals surface area contributed by atoms with Crippen LogP contribution in [0, 0.1) is 5.92 Å². The standard InChI is InChI=1S/C28H26F3N7O2/c29-28(30,31)19-6-8-32-21(11-19)14-33-27(39)25-15-38(37-36-25)9-2-1-3-20-12-23-24(35-34-20)13-22(17-4-5-17)26(23)18-7-10-40-16-18/h6-8,10-12,15-17H,1-5,9,13-14H2,(H,33,39). The van der Waals surface area contributed by atoms with Crippen LogP contribution in [0.3, 0.4) is 0 Å². The second-order valence-electron chi connectivity index (χ2n) is 10.1. The van der Waals surface area contributed by atoms with E-state index < -0.39 is 17.6 Å². The summed E-state index contributed by atoms with van der Waals surface area (Å²) in [7, 11) is 0. The van der Waals surface area contributed by atoms with Gasteiger partial charge in [0.25, 0.3) is 5.91 Å². The van der Waals surface area contributed by atoms with Crippen LogP contribution in [0.15, 0.2) is 59.2 Å². The number of furan rings is 1.